The first kappa shape index (κ1) is 13.9. The van der Waals surface area contributed by atoms with E-state index >= 15 is 0 Å². The van der Waals surface area contributed by atoms with Gasteiger partial charge in [-0.1, -0.05) is 13.8 Å². The van der Waals surface area contributed by atoms with Gasteiger partial charge >= 0.3 is 5.97 Å². The Hall–Kier alpha value is -0.570. The van der Waals surface area contributed by atoms with Crippen LogP contribution in [-0.2, 0) is 9.53 Å². The van der Waals surface area contributed by atoms with E-state index in [0.717, 1.165) is 44.4 Å². The van der Waals surface area contributed by atoms with E-state index < -0.39 is 5.54 Å². The van der Waals surface area contributed by atoms with Crippen LogP contribution in [0.15, 0.2) is 0 Å². The molecule has 0 bridgehead atoms. The van der Waals surface area contributed by atoms with Gasteiger partial charge in [0.05, 0.1) is 0 Å². The van der Waals surface area contributed by atoms with Crippen molar-refractivity contribution in [2.45, 2.75) is 76.9 Å². The van der Waals surface area contributed by atoms with Gasteiger partial charge in [0.15, 0.2) is 0 Å². The Balaban J connectivity index is 1.83. The second-order valence-corrected chi connectivity index (χ2v) is 6.63. The van der Waals surface area contributed by atoms with Crippen molar-refractivity contribution >= 4 is 5.97 Å². The maximum absolute atomic E-state index is 12.2. The van der Waals surface area contributed by atoms with Gasteiger partial charge in [-0.3, -0.25) is 4.79 Å². The van der Waals surface area contributed by atoms with Crippen LogP contribution in [0.4, 0.5) is 0 Å². The quantitative estimate of drug-likeness (QED) is 0.770. The topological polar surface area (TPSA) is 52.3 Å². The SMILES string of the molecule is CC1CCC(OC(=O)C2(N)CCC(C)CC2)CC1. The summed E-state index contributed by atoms with van der Waals surface area (Å²) < 4.78 is 5.65. The van der Waals surface area contributed by atoms with Gasteiger partial charge in [0.1, 0.15) is 11.6 Å². The number of nitrogens with two attached hydrogens (primary N) is 1. The van der Waals surface area contributed by atoms with E-state index in [1.165, 1.54) is 12.8 Å². The minimum absolute atomic E-state index is 0.119. The number of ether oxygens (including phenoxy) is 1. The lowest BCUT2D eigenvalue weighted by atomic mass is 9.78. The van der Waals surface area contributed by atoms with Crippen LogP contribution < -0.4 is 5.73 Å². The highest BCUT2D eigenvalue weighted by molar-refractivity contribution is 5.80. The van der Waals surface area contributed by atoms with E-state index in [1.54, 1.807) is 0 Å². The summed E-state index contributed by atoms with van der Waals surface area (Å²) in [5, 5.41) is 0. The van der Waals surface area contributed by atoms with Gasteiger partial charge in [0, 0.05) is 0 Å². The molecule has 0 saturated heterocycles. The molecule has 2 aliphatic carbocycles. The highest BCUT2D eigenvalue weighted by Gasteiger charge is 2.40. The molecular weight excluding hydrogens is 226 g/mol. The molecule has 0 aromatic carbocycles. The third-order valence-electron chi connectivity index (χ3n) is 4.81. The van der Waals surface area contributed by atoms with Crippen molar-refractivity contribution in [2.24, 2.45) is 17.6 Å². The second kappa shape index (κ2) is 5.60. The highest BCUT2D eigenvalue weighted by Crippen LogP contribution is 2.33. The minimum atomic E-state index is -0.699. The third kappa shape index (κ3) is 3.25. The molecule has 0 aliphatic heterocycles. The van der Waals surface area contributed by atoms with Crippen molar-refractivity contribution < 1.29 is 9.53 Å². The molecule has 0 spiro atoms. The summed E-state index contributed by atoms with van der Waals surface area (Å²) in [7, 11) is 0. The van der Waals surface area contributed by atoms with Crippen LogP contribution in [-0.4, -0.2) is 17.6 Å². The molecule has 2 aliphatic rings. The maximum atomic E-state index is 12.2. The number of hydrogen-bond donors (Lipinski definition) is 1. The van der Waals surface area contributed by atoms with Crippen molar-refractivity contribution in [3.8, 4) is 0 Å². The Labute approximate surface area is 110 Å². The van der Waals surface area contributed by atoms with Gasteiger partial charge in [-0.2, -0.15) is 0 Å². The molecule has 2 saturated carbocycles. The summed E-state index contributed by atoms with van der Waals surface area (Å²) in [6.45, 7) is 4.50. The molecule has 104 valence electrons. The highest BCUT2D eigenvalue weighted by atomic mass is 16.5. The lowest BCUT2D eigenvalue weighted by Crippen LogP contribution is -2.52. The van der Waals surface area contributed by atoms with Crippen LogP contribution in [0.5, 0.6) is 0 Å². The molecule has 0 heterocycles. The molecule has 0 amide bonds. The van der Waals surface area contributed by atoms with Gasteiger partial charge in [0.2, 0.25) is 0 Å². The molecule has 2 rings (SSSR count). The number of esters is 1. The molecule has 18 heavy (non-hydrogen) atoms. The van der Waals surface area contributed by atoms with Gasteiger partial charge < -0.3 is 10.5 Å². The Morgan fingerprint density at radius 2 is 1.50 bits per heavy atom. The average molecular weight is 253 g/mol. The summed E-state index contributed by atoms with van der Waals surface area (Å²) in [5.41, 5.74) is 5.54. The fourth-order valence-corrected chi connectivity index (χ4v) is 3.10. The number of rotatable bonds is 2. The summed E-state index contributed by atoms with van der Waals surface area (Å²) in [5.74, 6) is 1.33. The molecule has 2 fully saturated rings. The van der Waals surface area contributed by atoms with E-state index in [0.29, 0.717) is 5.92 Å². The smallest absolute Gasteiger partial charge is 0.326 e. The van der Waals surface area contributed by atoms with Crippen LogP contribution in [0.25, 0.3) is 0 Å². The largest absolute Gasteiger partial charge is 0.461 e. The maximum Gasteiger partial charge on any atom is 0.326 e. The van der Waals surface area contributed by atoms with E-state index in [2.05, 4.69) is 13.8 Å². The Morgan fingerprint density at radius 1 is 1.00 bits per heavy atom. The molecular formula is C15H27NO2. The molecule has 3 nitrogen and oxygen atoms in total. The molecule has 0 radical (unpaired) electrons. The lowest BCUT2D eigenvalue weighted by molar-refractivity contribution is -0.159. The van der Waals surface area contributed by atoms with Crippen LogP contribution in [0.2, 0.25) is 0 Å². The fraction of sp³-hybridized carbons (Fsp3) is 0.933. The average Bonchev–Trinajstić information content (AvgIpc) is 2.36. The predicted molar refractivity (Wildman–Crippen MR) is 72.1 cm³/mol. The van der Waals surface area contributed by atoms with Crippen LogP contribution >= 0.6 is 0 Å². The molecule has 3 heteroatoms. The minimum Gasteiger partial charge on any atom is -0.461 e. The summed E-state index contributed by atoms with van der Waals surface area (Å²) >= 11 is 0. The van der Waals surface area contributed by atoms with Crippen LogP contribution in [0.1, 0.15) is 65.2 Å². The second-order valence-electron chi connectivity index (χ2n) is 6.63. The van der Waals surface area contributed by atoms with E-state index in [9.17, 15) is 4.79 Å². The molecule has 0 unspecified atom stereocenters. The summed E-state index contributed by atoms with van der Waals surface area (Å²) in [4.78, 5) is 12.2. The van der Waals surface area contributed by atoms with Crippen molar-refractivity contribution in [1.29, 1.82) is 0 Å². The van der Waals surface area contributed by atoms with Crippen LogP contribution in [0, 0.1) is 11.8 Å². The van der Waals surface area contributed by atoms with Gasteiger partial charge in [-0.05, 0) is 63.2 Å². The van der Waals surface area contributed by atoms with E-state index in [4.69, 9.17) is 10.5 Å². The molecule has 0 aromatic heterocycles. The summed E-state index contributed by atoms with van der Waals surface area (Å²) in [6.07, 6.45) is 8.17. The van der Waals surface area contributed by atoms with E-state index in [-0.39, 0.29) is 12.1 Å². The molecule has 0 aromatic rings. The van der Waals surface area contributed by atoms with Gasteiger partial charge in [-0.15, -0.1) is 0 Å². The Morgan fingerprint density at radius 3 is 2.06 bits per heavy atom. The number of carbonyl (C=O) groups excluding carboxylic acids is 1. The fourth-order valence-electron chi connectivity index (χ4n) is 3.10. The van der Waals surface area contributed by atoms with Crippen molar-refractivity contribution in [2.75, 3.05) is 0 Å². The molecule has 2 N–H and O–H groups in total. The Kier molecular flexibility index (Phi) is 4.31. The third-order valence-corrected chi connectivity index (χ3v) is 4.81. The Bertz CT molecular complexity index is 287. The number of hydrogen-bond acceptors (Lipinski definition) is 3. The number of carbonyl (C=O) groups is 1. The predicted octanol–water partition coefficient (Wildman–Crippen LogP) is 3.02. The molecule has 0 atom stereocenters. The van der Waals surface area contributed by atoms with Crippen LogP contribution in [0.3, 0.4) is 0 Å². The zero-order chi connectivity index (χ0) is 13.2. The van der Waals surface area contributed by atoms with E-state index in [1.807, 2.05) is 0 Å². The zero-order valence-electron chi connectivity index (χ0n) is 11.8. The van der Waals surface area contributed by atoms with Gasteiger partial charge in [0.25, 0.3) is 0 Å². The van der Waals surface area contributed by atoms with Crippen molar-refractivity contribution in [3.63, 3.8) is 0 Å². The first-order chi connectivity index (χ1) is 8.49. The first-order valence-electron chi connectivity index (χ1n) is 7.49. The lowest BCUT2D eigenvalue weighted by Gasteiger charge is -2.36. The zero-order valence-corrected chi connectivity index (χ0v) is 11.8. The first-order valence-corrected chi connectivity index (χ1v) is 7.49. The van der Waals surface area contributed by atoms with Gasteiger partial charge in [-0.25, -0.2) is 0 Å². The monoisotopic (exact) mass is 253 g/mol. The van der Waals surface area contributed by atoms with Crippen molar-refractivity contribution in [1.82, 2.24) is 0 Å². The normalized spacial score (nSPS) is 41.4. The standard InChI is InChI=1S/C15H27NO2/c1-11-3-5-13(6-4-11)18-14(17)15(16)9-7-12(2)8-10-15/h11-13H,3-10,16H2,1-2H3. The van der Waals surface area contributed by atoms with Crippen molar-refractivity contribution in [3.05, 3.63) is 0 Å². The summed E-state index contributed by atoms with van der Waals surface area (Å²) in [6, 6.07) is 0.